The van der Waals surface area contributed by atoms with E-state index in [1.54, 1.807) is 30.3 Å². The number of hydrogen-bond acceptors (Lipinski definition) is 3. The number of halogens is 2. The predicted octanol–water partition coefficient (Wildman–Crippen LogP) is 3.43. The van der Waals surface area contributed by atoms with Gasteiger partial charge in [-0.2, -0.15) is 0 Å². The van der Waals surface area contributed by atoms with Crippen molar-refractivity contribution in [2.45, 2.75) is 0 Å². The van der Waals surface area contributed by atoms with Crippen molar-refractivity contribution in [1.82, 2.24) is 15.0 Å². The van der Waals surface area contributed by atoms with E-state index < -0.39 is 5.97 Å². The first kappa shape index (κ1) is 12.9. The summed E-state index contributed by atoms with van der Waals surface area (Å²) in [5.41, 5.74) is 1.51. The molecule has 7 heteroatoms. The monoisotopic (exact) mass is 307 g/mol. The van der Waals surface area contributed by atoms with Gasteiger partial charge in [0, 0.05) is 5.02 Å². The smallest absolute Gasteiger partial charge is 0.337 e. The average Bonchev–Trinajstić information content (AvgIpc) is 2.82. The Kier molecular flexibility index (Phi) is 3.08. The maximum atomic E-state index is 11.3. The van der Waals surface area contributed by atoms with Crippen LogP contribution in [0.3, 0.4) is 0 Å². The molecule has 2 aromatic carbocycles. The van der Waals surface area contributed by atoms with Crippen molar-refractivity contribution in [2.75, 3.05) is 0 Å². The lowest BCUT2D eigenvalue weighted by Gasteiger charge is -2.06. The van der Waals surface area contributed by atoms with Crippen molar-refractivity contribution in [2.24, 2.45) is 0 Å². The van der Waals surface area contributed by atoms with Crippen molar-refractivity contribution in [3.63, 3.8) is 0 Å². The number of carbonyl (C=O) groups is 1. The minimum absolute atomic E-state index is 0.110. The molecule has 1 heterocycles. The van der Waals surface area contributed by atoms with Gasteiger partial charge in [0.15, 0.2) is 0 Å². The largest absolute Gasteiger partial charge is 0.478 e. The third-order valence-corrected chi connectivity index (χ3v) is 3.37. The van der Waals surface area contributed by atoms with E-state index in [1.165, 1.54) is 10.7 Å². The Balaban J connectivity index is 2.34. The van der Waals surface area contributed by atoms with Crippen LogP contribution in [0, 0.1) is 0 Å². The first-order valence-corrected chi connectivity index (χ1v) is 6.36. The first-order chi connectivity index (χ1) is 9.58. The quantitative estimate of drug-likeness (QED) is 0.787. The second kappa shape index (κ2) is 4.77. The zero-order chi connectivity index (χ0) is 14.3. The Hall–Kier alpha value is -2.11. The van der Waals surface area contributed by atoms with E-state index in [1.807, 2.05) is 0 Å². The second-order valence-electron chi connectivity index (χ2n) is 4.08. The number of para-hydroxylation sites is 1. The molecule has 0 spiro atoms. The van der Waals surface area contributed by atoms with Crippen LogP contribution in [-0.4, -0.2) is 26.1 Å². The minimum Gasteiger partial charge on any atom is -0.478 e. The van der Waals surface area contributed by atoms with Crippen molar-refractivity contribution in [3.05, 3.63) is 52.0 Å². The van der Waals surface area contributed by atoms with Gasteiger partial charge in [0.2, 0.25) is 0 Å². The Morgan fingerprint density at radius 3 is 2.70 bits per heavy atom. The Labute approximate surface area is 123 Å². The molecule has 0 bridgehead atoms. The van der Waals surface area contributed by atoms with Gasteiger partial charge >= 0.3 is 5.97 Å². The van der Waals surface area contributed by atoms with Crippen LogP contribution in [0.15, 0.2) is 36.4 Å². The highest BCUT2D eigenvalue weighted by Gasteiger charge is 2.17. The van der Waals surface area contributed by atoms with E-state index in [4.69, 9.17) is 23.2 Å². The van der Waals surface area contributed by atoms with Crippen LogP contribution in [0.5, 0.6) is 0 Å². The molecule has 0 atom stereocenters. The summed E-state index contributed by atoms with van der Waals surface area (Å²) in [6.07, 6.45) is 0. The van der Waals surface area contributed by atoms with Crippen LogP contribution >= 0.6 is 23.2 Å². The molecule has 5 nitrogen and oxygen atoms in total. The Bertz CT molecular complexity index is 830. The fourth-order valence-electron chi connectivity index (χ4n) is 1.97. The van der Waals surface area contributed by atoms with E-state index in [-0.39, 0.29) is 5.56 Å². The summed E-state index contributed by atoms with van der Waals surface area (Å²) in [6, 6.07) is 9.68. The number of carboxylic acids is 1. The van der Waals surface area contributed by atoms with Gasteiger partial charge in [-0.1, -0.05) is 34.5 Å². The molecule has 0 aliphatic rings. The van der Waals surface area contributed by atoms with Crippen LogP contribution in [0.25, 0.3) is 16.7 Å². The van der Waals surface area contributed by atoms with Gasteiger partial charge in [-0.05, 0) is 30.3 Å². The average molecular weight is 308 g/mol. The van der Waals surface area contributed by atoms with Crippen molar-refractivity contribution >= 4 is 40.2 Å². The topological polar surface area (TPSA) is 68.0 Å². The summed E-state index contributed by atoms with van der Waals surface area (Å²) in [6.45, 7) is 0. The highest BCUT2D eigenvalue weighted by molar-refractivity contribution is 6.35. The van der Waals surface area contributed by atoms with Gasteiger partial charge in [-0.15, -0.1) is 5.10 Å². The molecule has 100 valence electrons. The summed E-state index contributed by atoms with van der Waals surface area (Å²) < 4.78 is 1.40. The van der Waals surface area contributed by atoms with Crippen molar-refractivity contribution in [3.8, 4) is 5.69 Å². The summed E-state index contributed by atoms with van der Waals surface area (Å²) in [5, 5.41) is 18.1. The lowest BCUT2D eigenvalue weighted by Crippen LogP contribution is -2.03. The third kappa shape index (κ3) is 2.01. The molecule has 0 fully saturated rings. The molecule has 0 aliphatic heterocycles. The molecule has 1 aromatic heterocycles. The van der Waals surface area contributed by atoms with Crippen molar-refractivity contribution < 1.29 is 9.90 Å². The second-order valence-corrected chi connectivity index (χ2v) is 4.92. The van der Waals surface area contributed by atoms with E-state index in [0.717, 1.165) is 0 Å². The summed E-state index contributed by atoms with van der Waals surface area (Å²) >= 11 is 12.0. The molecule has 1 N–H and O–H groups in total. The fourth-order valence-corrected chi connectivity index (χ4v) is 2.46. The van der Waals surface area contributed by atoms with Crippen molar-refractivity contribution in [1.29, 1.82) is 0 Å². The summed E-state index contributed by atoms with van der Waals surface area (Å²) in [5.74, 6) is -1.05. The lowest BCUT2D eigenvalue weighted by molar-refractivity contribution is 0.0698. The van der Waals surface area contributed by atoms with Gasteiger partial charge < -0.3 is 5.11 Å². The van der Waals surface area contributed by atoms with Gasteiger partial charge in [0.1, 0.15) is 11.0 Å². The van der Waals surface area contributed by atoms with E-state index in [9.17, 15) is 9.90 Å². The van der Waals surface area contributed by atoms with Gasteiger partial charge in [0.25, 0.3) is 0 Å². The molecular weight excluding hydrogens is 301 g/mol. The van der Waals surface area contributed by atoms with Gasteiger partial charge in [-0.25, -0.2) is 9.48 Å². The molecule has 0 amide bonds. The number of carboxylic acid groups (broad SMARTS) is 1. The standard InChI is InChI=1S/C13H7Cl2N3O2/c14-7-4-5-11(9(15)6-7)18-12-8(13(19)20)2-1-3-10(12)16-17-18/h1-6H,(H,19,20). The lowest BCUT2D eigenvalue weighted by atomic mass is 10.2. The Morgan fingerprint density at radius 1 is 1.20 bits per heavy atom. The van der Waals surface area contributed by atoms with E-state index in [2.05, 4.69) is 10.3 Å². The summed E-state index contributed by atoms with van der Waals surface area (Å²) in [7, 11) is 0. The minimum atomic E-state index is -1.05. The highest BCUT2D eigenvalue weighted by atomic mass is 35.5. The molecule has 3 rings (SSSR count). The normalized spacial score (nSPS) is 10.9. The SMILES string of the molecule is O=C(O)c1cccc2nnn(-c3ccc(Cl)cc3Cl)c12. The Morgan fingerprint density at radius 2 is 2.00 bits per heavy atom. The highest BCUT2D eigenvalue weighted by Crippen LogP contribution is 2.27. The molecule has 0 aliphatic carbocycles. The third-order valence-electron chi connectivity index (χ3n) is 2.84. The van der Waals surface area contributed by atoms with Crippen LogP contribution in [-0.2, 0) is 0 Å². The molecule has 20 heavy (non-hydrogen) atoms. The number of aromatic carboxylic acids is 1. The predicted molar refractivity (Wildman–Crippen MR) is 75.8 cm³/mol. The zero-order valence-corrected chi connectivity index (χ0v) is 11.4. The maximum Gasteiger partial charge on any atom is 0.337 e. The molecule has 0 saturated heterocycles. The van der Waals surface area contributed by atoms with Crippen LogP contribution < -0.4 is 0 Å². The molecular formula is C13H7Cl2N3O2. The van der Waals surface area contributed by atoms with E-state index >= 15 is 0 Å². The number of hydrogen-bond donors (Lipinski definition) is 1. The van der Waals surface area contributed by atoms with Crippen LogP contribution in [0.1, 0.15) is 10.4 Å². The molecule has 3 aromatic rings. The zero-order valence-electron chi connectivity index (χ0n) is 9.92. The van der Waals surface area contributed by atoms with E-state index in [0.29, 0.717) is 26.8 Å². The molecule has 0 unspecified atom stereocenters. The van der Waals surface area contributed by atoms with Gasteiger partial charge in [-0.3, -0.25) is 0 Å². The fraction of sp³-hybridized carbons (Fsp3) is 0. The summed E-state index contributed by atoms with van der Waals surface area (Å²) in [4.78, 5) is 11.3. The number of aromatic nitrogens is 3. The number of fused-ring (bicyclic) bond motifs is 1. The van der Waals surface area contributed by atoms with Crippen LogP contribution in [0.4, 0.5) is 0 Å². The molecule has 0 saturated carbocycles. The van der Waals surface area contributed by atoms with Gasteiger partial charge in [0.05, 0.1) is 16.3 Å². The first-order valence-electron chi connectivity index (χ1n) is 5.61. The van der Waals surface area contributed by atoms with Crippen LogP contribution in [0.2, 0.25) is 10.0 Å². The maximum absolute atomic E-state index is 11.3. The number of nitrogens with zero attached hydrogens (tertiary/aromatic N) is 3. The molecule has 0 radical (unpaired) electrons. The number of rotatable bonds is 2. The number of benzene rings is 2.